The van der Waals surface area contributed by atoms with Crippen molar-refractivity contribution in [3.63, 3.8) is 0 Å². The summed E-state index contributed by atoms with van der Waals surface area (Å²) in [6.07, 6.45) is 9.49. The Morgan fingerprint density at radius 1 is 1.04 bits per heavy atom. The predicted molar refractivity (Wildman–Crippen MR) is 103 cm³/mol. The van der Waals surface area contributed by atoms with Crippen LogP contribution in [0.15, 0.2) is 24.3 Å². The molecule has 0 atom stereocenters. The molecule has 24 heavy (non-hydrogen) atoms. The van der Waals surface area contributed by atoms with E-state index in [-0.39, 0.29) is 5.91 Å². The minimum atomic E-state index is 0.0616. The molecule has 1 aromatic carbocycles. The lowest BCUT2D eigenvalue weighted by Gasteiger charge is -2.26. The van der Waals surface area contributed by atoms with E-state index in [4.69, 9.17) is 0 Å². The number of rotatable bonds is 7. The van der Waals surface area contributed by atoms with Crippen molar-refractivity contribution in [2.45, 2.75) is 56.7 Å². The number of hydrogen-bond donors (Lipinski definition) is 1. The van der Waals surface area contributed by atoms with Crippen molar-refractivity contribution in [1.82, 2.24) is 10.2 Å². The average molecular weight is 347 g/mol. The topological polar surface area (TPSA) is 32.3 Å². The minimum absolute atomic E-state index is 0.0616. The van der Waals surface area contributed by atoms with E-state index >= 15 is 0 Å². The fourth-order valence-electron chi connectivity index (χ4n) is 3.68. The Hall–Kier alpha value is -1.00. The number of likely N-dealkylation sites (tertiary alicyclic amines) is 1. The van der Waals surface area contributed by atoms with E-state index in [0.29, 0.717) is 0 Å². The second-order valence-corrected chi connectivity index (χ2v) is 8.48. The molecule has 1 aliphatic heterocycles. The molecule has 1 N–H and O–H groups in total. The van der Waals surface area contributed by atoms with Crippen LogP contribution < -0.4 is 5.32 Å². The summed E-state index contributed by atoms with van der Waals surface area (Å²) in [5.41, 5.74) is 2.09. The molecular weight excluding hydrogens is 316 g/mol. The van der Waals surface area contributed by atoms with Crippen LogP contribution in [0.1, 0.15) is 60.9 Å². The van der Waals surface area contributed by atoms with Gasteiger partial charge in [0, 0.05) is 29.7 Å². The van der Waals surface area contributed by atoms with Crippen LogP contribution in [-0.4, -0.2) is 41.4 Å². The summed E-state index contributed by atoms with van der Waals surface area (Å²) >= 11 is 2.02. The molecular formula is C20H30N2OS. The lowest BCUT2D eigenvalue weighted by Crippen LogP contribution is -2.29. The highest BCUT2D eigenvalue weighted by molar-refractivity contribution is 7.99. The molecule has 132 valence electrons. The van der Waals surface area contributed by atoms with Crippen LogP contribution in [0, 0.1) is 0 Å². The summed E-state index contributed by atoms with van der Waals surface area (Å²) < 4.78 is 0. The van der Waals surface area contributed by atoms with Gasteiger partial charge >= 0.3 is 0 Å². The van der Waals surface area contributed by atoms with Gasteiger partial charge in [0.1, 0.15) is 0 Å². The van der Waals surface area contributed by atoms with Gasteiger partial charge < -0.3 is 5.32 Å². The van der Waals surface area contributed by atoms with E-state index < -0.39 is 0 Å². The first-order valence-corrected chi connectivity index (χ1v) is 10.6. The molecule has 0 radical (unpaired) electrons. The van der Waals surface area contributed by atoms with Crippen LogP contribution in [0.25, 0.3) is 0 Å². The van der Waals surface area contributed by atoms with E-state index in [1.54, 1.807) is 0 Å². The lowest BCUT2D eigenvalue weighted by molar-refractivity contribution is 0.0956. The van der Waals surface area contributed by atoms with Crippen molar-refractivity contribution in [2.24, 2.45) is 0 Å². The predicted octanol–water partition coefficient (Wildman–Crippen LogP) is 4.08. The number of nitrogens with one attached hydrogen (secondary N) is 1. The summed E-state index contributed by atoms with van der Waals surface area (Å²) in [5, 5.41) is 3.88. The molecule has 0 unspecified atom stereocenters. The van der Waals surface area contributed by atoms with Crippen molar-refractivity contribution in [3.05, 3.63) is 35.4 Å². The standard InChI is InChI=1S/C20H30N2OS/c23-20(21-12-15-24-19-6-2-3-7-19)18-10-8-17(9-11-18)16-22-13-4-1-5-14-22/h8-11,19H,1-7,12-16H2,(H,21,23). The largest absolute Gasteiger partial charge is 0.351 e. The van der Waals surface area contributed by atoms with Crippen LogP contribution in [0.3, 0.4) is 0 Å². The third-order valence-electron chi connectivity index (χ3n) is 5.11. The van der Waals surface area contributed by atoms with Crippen molar-refractivity contribution in [2.75, 3.05) is 25.4 Å². The van der Waals surface area contributed by atoms with E-state index in [9.17, 15) is 4.79 Å². The Labute approximate surface area is 150 Å². The SMILES string of the molecule is O=C(NCCSC1CCCC1)c1ccc(CN2CCCCC2)cc1. The summed E-state index contributed by atoms with van der Waals surface area (Å²) in [4.78, 5) is 14.7. The van der Waals surface area contributed by atoms with E-state index in [1.807, 2.05) is 23.9 Å². The number of amides is 1. The lowest BCUT2D eigenvalue weighted by atomic mass is 10.1. The Balaban J connectivity index is 1.38. The van der Waals surface area contributed by atoms with Gasteiger partial charge in [-0.25, -0.2) is 0 Å². The van der Waals surface area contributed by atoms with Gasteiger partial charge in [0.05, 0.1) is 0 Å². The highest BCUT2D eigenvalue weighted by atomic mass is 32.2. The smallest absolute Gasteiger partial charge is 0.251 e. The van der Waals surface area contributed by atoms with E-state index in [2.05, 4.69) is 22.3 Å². The van der Waals surface area contributed by atoms with Gasteiger partial charge in [-0.1, -0.05) is 31.4 Å². The second-order valence-electron chi connectivity index (χ2n) is 7.07. The molecule has 3 rings (SSSR count). The fourth-order valence-corrected chi connectivity index (χ4v) is 4.90. The molecule has 1 amide bonds. The molecule has 1 saturated carbocycles. The normalized spacial score (nSPS) is 19.5. The third-order valence-corrected chi connectivity index (χ3v) is 6.50. The van der Waals surface area contributed by atoms with E-state index in [0.717, 1.165) is 29.7 Å². The quantitative estimate of drug-likeness (QED) is 0.755. The Bertz CT molecular complexity index is 505. The third kappa shape index (κ3) is 5.52. The molecule has 1 heterocycles. The number of piperidine rings is 1. The fraction of sp³-hybridized carbons (Fsp3) is 0.650. The first-order valence-electron chi connectivity index (χ1n) is 9.52. The maximum Gasteiger partial charge on any atom is 0.251 e. The molecule has 1 aliphatic carbocycles. The van der Waals surface area contributed by atoms with Crippen molar-refractivity contribution >= 4 is 17.7 Å². The molecule has 0 spiro atoms. The minimum Gasteiger partial charge on any atom is -0.351 e. The van der Waals surface area contributed by atoms with Crippen LogP contribution in [0.2, 0.25) is 0 Å². The highest BCUT2D eigenvalue weighted by Crippen LogP contribution is 2.28. The number of carbonyl (C=O) groups excluding carboxylic acids is 1. The van der Waals surface area contributed by atoms with E-state index in [1.165, 1.54) is 63.6 Å². The zero-order valence-corrected chi connectivity index (χ0v) is 15.5. The molecule has 0 aromatic heterocycles. The van der Waals surface area contributed by atoms with Crippen LogP contribution in [-0.2, 0) is 6.54 Å². The number of carbonyl (C=O) groups is 1. The number of thioether (sulfide) groups is 1. The zero-order chi connectivity index (χ0) is 16.6. The van der Waals surface area contributed by atoms with Gasteiger partial charge in [-0.05, 0) is 56.5 Å². The van der Waals surface area contributed by atoms with Crippen LogP contribution in [0.5, 0.6) is 0 Å². The first-order chi connectivity index (χ1) is 11.8. The number of benzene rings is 1. The summed E-state index contributed by atoms with van der Waals surface area (Å²) in [7, 11) is 0. The van der Waals surface area contributed by atoms with Gasteiger partial charge in [0.2, 0.25) is 0 Å². The Morgan fingerprint density at radius 2 is 1.75 bits per heavy atom. The van der Waals surface area contributed by atoms with Crippen molar-refractivity contribution in [3.8, 4) is 0 Å². The Kier molecular flexibility index (Phi) is 7.03. The Morgan fingerprint density at radius 3 is 2.46 bits per heavy atom. The molecule has 1 aromatic rings. The summed E-state index contributed by atoms with van der Waals surface area (Å²) in [6.45, 7) is 4.21. The van der Waals surface area contributed by atoms with Gasteiger partial charge in [0.15, 0.2) is 0 Å². The van der Waals surface area contributed by atoms with Gasteiger partial charge in [-0.2, -0.15) is 11.8 Å². The van der Waals surface area contributed by atoms with Crippen LogP contribution >= 0.6 is 11.8 Å². The summed E-state index contributed by atoms with van der Waals surface area (Å²) in [6, 6.07) is 8.16. The highest BCUT2D eigenvalue weighted by Gasteiger charge is 2.15. The maximum atomic E-state index is 12.2. The maximum absolute atomic E-state index is 12.2. The van der Waals surface area contributed by atoms with Gasteiger partial charge in [0.25, 0.3) is 5.91 Å². The second kappa shape index (κ2) is 9.47. The molecule has 0 bridgehead atoms. The summed E-state index contributed by atoms with van der Waals surface area (Å²) in [5.74, 6) is 1.09. The number of nitrogens with zero attached hydrogens (tertiary/aromatic N) is 1. The average Bonchev–Trinajstić information content (AvgIpc) is 3.13. The molecule has 1 saturated heterocycles. The molecule has 3 nitrogen and oxygen atoms in total. The van der Waals surface area contributed by atoms with Crippen molar-refractivity contribution in [1.29, 1.82) is 0 Å². The monoisotopic (exact) mass is 346 g/mol. The van der Waals surface area contributed by atoms with Gasteiger partial charge in [-0.15, -0.1) is 0 Å². The van der Waals surface area contributed by atoms with Crippen molar-refractivity contribution < 1.29 is 4.79 Å². The molecule has 2 aliphatic rings. The molecule has 4 heteroatoms. The number of hydrogen-bond acceptors (Lipinski definition) is 3. The van der Waals surface area contributed by atoms with Gasteiger partial charge in [-0.3, -0.25) is 9.69 Å². The molecule has 2 fully saturated rings. The first kappa shape index (κ1) is 17.8. The zero-order valence-electron chi connectivity index (χ0n) is 14.6. The van der Waals surface area contributed by atoms with Crippen LogP contribution in [0.4, 0.5) is 0 Å².